The van der Waals surface area contributed by atoms with E-state index in [0.717, 1.165) is 16.9 Å². The molecule has 0 spiro atoms. The van der Waals surface area contributed by atoms with Crippen LogP contribution < -0.4 is 10.1 Å². The van der Waals surface area contributed by atoms with E-state index < -0.39 is 0 Å². The third-order valence-corrected chi connectivity index (χ3v) is 4.13. The average Bonchev–Trinajstić information content (AvgIpc) is 2.59. The number of pyridine rings is 1. The molecule has 0 radical (unpaired) electrons. The van der Waals surface area contributed by atoms with Crippen molar-refractivity contribution in [2.24, 2.45) is 5.92 Å². The van der Waals surface area contributed by atoms with Crippen molar-refractivity contribution in [1.82, 2.24) is 10.3 Å². The molecule has 0 amide bonds. The van der Waals surface area contributed by atoms with Crippen LogP contribution >= 0.6 is 11.6 Å². The molecule has 1 aromatic heterocycles. The van der Waals surface area contributed by atoms with Crippen molar-refractivity contribution in [1.29, 1.82) is 0 Å². The van der Waals surface area contributed by atoms with Crippen molar-refractivity contribution < 1.29 is 9.84 Å². The summed E-state index contributed by atoms with van der Waals surface area (Å²) in [6.45, 7) is 5.32. The molecule has 2 aromatic rings. The summed E-state index contributed by atoms with van der Waals surface area (Å²) in [5, 5.41) is 13.3. The molecule has 0 aliphatic carbocycles. The summed E-state index contributed by atoms with van der Waals surface area (Å²) < 4.78 is 5.91. The maximum atomic E-state index is 9.22. The van der Waals surface area contributed by atoms with Crippen LogP contribution in [0.25, 0.3) is 0 Å². The van der Waals surface area contributed by atoms with Gasteiger partial charge in [0.2, 0.25) is 0 Å². The maximum absolute atomic E-state index is 9.22. The van der Waals surface area contributed by atoms with E-state index in [0.29, 0.717) is 18.2 Å². The van der Waals surface area contributed by atoms with E-state index in [2.05, 4.69) is 17.2 Å². The van der Waals surface area contributed by atoms with Crippen molar-refractivity contribution in [2.75, 3.05) is 6.61 Å². The summed E-state index contributed by atoms with van der Waals surface area (Å²) in [4.78, 5) is 4.08. The minimum absolute atomic E-state index is 0.161. The molecule has 2 unspecified atom stereocenters. The first kappa shape index (κ1) is 17.7. The van der Waals surface area contributed by atoms with Gasteiger partial charge in [-0.25, -0.2) is 0 Å². The predicted octanol–water partition coefficient (Wildman–Crippen LogP) is 3.42. The Labute approximate surface area is 142 Å². The SMILES string of the molecule is CC(CO)C(C)NCc1cc(Cl)ccc1OCc1cccnc1. The van der Waals surface area contributed by atoms with Gasteiger partial charge >= 0.3 is 0 Å². The Kier molecular flexibility index (Phi) is 6.84. The molecular weight excluding hydrogens is 312 g/mol. The monoisotopic (exact) mass is 334 g/mol. The first-order chi connectivity index (χ1) is 11.1. The van der Waals surface area contributed by atoms with Gasteiger partial charge in [0.15, 0.2) is 0 Å². The summed E-state index contributed by atoms with van der Waals surface area (Å²) in [5.74, 6) is 0.989. The van der Waals surface area contributed by atoms with Gasteiger partial charge < -0.3 is 15.2 Å². The molecule has 0 fully saturated rings. The number of nitrogens with zero attached hydrogens (tertiary/aromatic N) is 1. The second-order valence-electron chi connectivity index (χ2n) is 5.73. The second kappa shape index (κ2) is 8.87. The van der Waals surface area contributed by atoms with Crippen LogP contribution in [0, 0.1) is 5.92 Å². The molecule has 0 bridgehead atoms. The van der Waals surface area contributed by atoms with Crippen LogP contribution in [0.5, 0.6) is 5.75 Å². The van der Waals surface area contributed by atoms with Crippen molar-refractivity contribution in [3.63, 3.8) is 0 Å². The van der Waals surface area contributed by atoms with E-state index in [9.17, 15) is 5.11 Å². The fourth-order valence-corrected chi connectivity index (χ4v) is 2.30. The van der Waals surface area contributed by atoms with E-state index in [1.165, 1.54) is 0 Å². The fraction of sp³-hybridized carbons (Fsp3) is 0.389. The molecule has 23 heavy (non-hydrogen) atoms. The van der Waals surface area contributed by atoms with Gasteiger partial charge in [0.05, 0.1) is 0 Å². The first-order valence-corrected chi connectivity index (χ1v) is 8.12. The Balaban J connectivity index is 2.02. The quantitative estimate of drug-likeness (QED) is 0.776. The summed E-state index contributed by atoms with van der Waals surface area (Å²) >= 11 is 6.11. The third kappa shape index (κ3) is 5.50. The summed E-state index contributed by atoms with van der Waals surface area (Å²) in [5.41, 5.74) is 2.02. The van der Waals surface area contributed by atoms with Crippen LogP contribution in [0.2, 0.25) is 5.02 Å². The van der Waals surface area contributed by atoms with Crippen LogP contribution in [0.4, 0.5) is 0 Å². The Morgan fingerprint density at radius 2 is 2.13 bits per heavy atom. The van der Waals surface area contributed by atoms with Gasteiger partial charge in [-0.3, -0.25) is 4.98 Å². The molecule has 4 nitrogen and oxygen atoms in total. The largest absolute Gasteiger partial charge is 0.489 e. The van der Waals surface area contributed by atoms with Gasteiger partial charge in [-0.15, -0.1) is 0 Å². The third-order valence-electron chi connectivity index (χ3n) is 3.90. The fourth-order valence-electron chi connectivity index (χ4n) is 2.10. The van der Waals surface area contributed by atoms with E-state index in [1.807, 2.05) is 37.3 Å². The molecule has 2 N–H and O–H groups in total. The topological polar surface area (TPSA) is 54.4 Å². The van der Waals surface area contributed by atoms with Crippen LogP contribution in [0.3, 0.4) is 0 Å². The molecule has 0 aliphatic rings. The Morgan fingerprint density at radius 1 is 1.30 bits per heavy atom. The van der Waals surface area contributed by atoms with E-state index >= 15 is 0 Å². The normalized spacial score (nSPS) is 13.6. The number of benzene rings is 1. The van der Waals surface area contributed by atoms with Crippen LogP contribution in [-0.4, -0.2) is 22.7 Å². The minimum atomic E-state index is 0.161. The first-order valence-electron chi connectivity index (χ1n) is 7.74. The van der Waals surface area contributed by atoms with Gasteiger partial charge in [-0.05, 0) is 37.1 Å². The van der Waals surface area contributed by atoms with Crippen molar-refractivity contribution in [3.05, 3.63) is 58.9 Å². The zero-order valence-electron chi connectivity index (χ0n) is 13.5. The number of ether oxygens (including phenoxy) is 1. The van der Waals surface area contributed by atoms with Gasteiger partial charge in [0.1, 0.15) is 12.4 Å². The summed E-state index contributed by atoms with van der Waals surface area (Å²) in [6, 6.07) is 9.68. The van der Waals surface area contributed by atoms with E-state index in [1.54, 1.807) is 12.4 Å². The second-order valence-corrected chi connectivity index (χ2v) is 6.17. The lowest BCUT2D eigenvalue weighted by atomic mass is 10.0. The zero-order valence-corrected chi connectivity index (χ0v) is 14.3. The zero-order chi connectivity index (χ0) is 16.7. The molecule has 2 rings (SSSR count). The minimum Gasteiger partial charge on any atom is -0.489 e. The molecular formula is C18H23ClN2O2. The average molecular weight is 335 g/mol. The highest BCUT2D eigenvalue weighted by Gasteiger charge is 2.12. The lowest BCUT2D eigenvalue weighted by molar-refractivity contribution is 0.206. The van der Waals surface area contributed by atoms with E-state index in [4.69, 9.17) is 16.3 Å². The smallest absolute Gasteiger partial charge is 0.124 e. The molecule has 2 atom stereocenters. The van der Waals surface area contributed by atoms with Gasteiger partial charge in [-0.2, -0.15) is 0 Å². The molecule has 124 valence electrons. The number of hydrogen-bond donors (Lipinski definition) is 2. The lowest BCUT2D eigenvalue weighted by Gasteiger charge is -2.20. The van der Waals surface area contributed by atoms with Crippen molar-refractivity contribution in [3.8, 4) is 5.75 Å². The predicted molar refractivity (Wildman–Crippen MR) is 92.6 cm³/mol. The number of aromatic nitrogens is 1. The van der Waals surface area contributed by atoms with Crippen molar-refractivity contribution >= 4 is 11.6 Å². The number of halogens is 1. The molecule has 0 saturated carbocycles. The molecule has 0 saturated heterocycles. The number of aliphatic hydroxyl groups is 1. The number of aliphatic hydroxyl groups excluding tert-OH is 1. The van der Waals surface area contributed by atoms with Crippen LogP contribution in [0.15, 0.2) is 42.7 Å². The van der Waals surface area contributed by atoms with Gasteiger partial charge in [0, 0.05) is 47.7 Å². The number of hydrogen-bond acceptors (Lipinski definition) is 4. The van der Waals surface area contributed by atoms with Crippen molar-refractivity contribution in [2.45, 2.75) is 33.0 Å². The Bertz CT molecular complexity index is 607. The molecule has 1 aromatic carbocycles. The van der Waals surface area contributed by atoms with Gasteiger partial charge in [0.25, 0.3) is 0 Å². The molecule has 5 heteroatoms. The Hall–Kier alpha value is -1.62. The highest BCUT2D eigenvalue weighted by Crippen LogP contribution is 2.24. The summed E-state index contributed by atoms with van der Waals surface area (Å²) in [6.07, 6.45) is 3.53. The summed E-state index contributed by atoms with van der Waals surface area (Å²) in [7, 11) is 0. The van der Waals surface area contributed by atoms with E-state index in [-0.39, 0.29) is 18.6 Å². The maximum Gasteiger partial charge on any atom is 0.124 e. The van der Waals surface area contributed by atoms with Crippen LogP contribution in [-0.2, 0) is 13.2 Å². The van der Waals surface area contributed by atoms with Gasteiger partial charge in [-0.1, -0.05) is 24.6 Å². The Morgan fingerprint density at radius 3 is 2.83 bits per heavy atom. The highest BCUT2D eigenvalue weighted by molar-refractivity contribution is 6.30. The molecule has 0 aliphatic heterocycles. The molecule has 1 heterocycles. The highest BCUT2D eigenvalue weighted by atomic mass is 35.5. The standard InChI is InChI=1S/C18H23ClN2O2/c1-13(11-22)14(2)21-10-16-8-17(19)5-6-18(16)23-12-15-4-3-7-20-9-15/h3-9,13-14,21-22H,10-12H2,1-2H3. The lowest BCUT2D eigenvalue weighted by Crippen LogP contribution is -2.33. The number of nitrogens with one attached hydrogen (secondary N) is 1. The number of rotatable bonds is 8. The van der Waals surface area contributed by atoms with Crippen LogP contribution in [0.1, 0.15) is 25.0 Å².